The van der Waals surface area contributed by atoms with Crippen LogP contribution in [0.2, 0.25) is 0 Å². The van der Waals surface area contributed by atoms with E-state index in [0.29, 0.717) is 5.82 Å². The highest BCUT2D eigenvalue weighted by Gasteiger charge is 2.38. The third-order valence-electron chi connectivity index (χ3n) is 4.07. The first-order valence-electron chi connectivity index (χ1n) is 7.05. The monoisotopic (exact) mass is 265 g/mol. The van der Waals surface area contributed by atoms with Gasteiger partial charge in [0.1, 0.15) is 5.82 Å². The summed E-state index contributed by atoms with van der Waals surface area (Å²) < 4.78 is 5.87. The number of hydrogen-bond donors (Lipinski definition) is 2. The van der Waals surface area contributed by atoms with Crippen molar-refractivity contribution in [2.45, 2.75) is 52.2 Å². The SMILES string of the molecule is CCNC(c1c(C)ccnc1N)C(CC)(CC)OC. The molecule has 1 aromatic heterocycles. The number of rotatable bonds is 7. The van der Waals surface area contributed by atoms with Gasteiger partial charge < -0.3 is 15.8 Å². The minimum atomic E-state index is -0.252. The molecule has 3 N–H and O–H groups in total. The average molecular weight is 265 g/mol. The first-order valence-corrected chi connectivity index (χ1v) is 7.05. The summed E-state index contributed by atoms with van der Waals surface area (Å²) in [4.78, 5) is 4.24. The minimum absolute atomic E-state index is 0.0613. The Morgan fingerprint density at radius 1 is 1.37 bits per heavy atom. The summed E-state index contributed by atoms with van der Waals surface area (Å²) in [6, 6.07) is 2.06. The van der Waals surface area contributed by atoms with Crippen molar-refractivity contribution in [2.24, 2.45) is 0 Å². The predicted molar refractivity (Wildman–Crippen MR) is 80.1 cm³/mol. The highest BCUT2D eigenvalue weighted by Crippen LogP contribution is 2.38. The molecule has 0 radical (unpaired) electrons. The fourth-order valence-electron chi connectivity index (χ4n) is 2.79. The normalized spacial score (nSPS) is 13.5. The van der Waals surface area contributed by atoms with Gasteiger partial charge in [0.2, 0.25) is 0 Å². The molecule has 19 heavy (non-hydrogen) atoms. The zero-order valence-electron chi connectivity index (χ0n) is 12.8. The van der Waals surface area contributed by atoms with Crippen molar-refractivity contribution in [3.8, 4) is 0 Å². The van der Waals surface area contributed by atoms with Gasteiger partial charge in [-0.25, -0.2) is 4.98 Å². The van der Waals surface area contributed by atoms with E-state index in [2.05, 4.69) is 38.0 Å². The van der Waals surface area contributed by atoms with Gasteiger partial charge >= 0.3 is 0 Å². The van der Waals surface area contributed by atoms with Crippen molar-refractivity contribution in [2.75, 3.05) is 19.4 Å². The second kappa shape index (κ2) is 6.87. The fourth-order valence-corrected chi connectivity index (χ4v) is 2.79. The molecule has 1 rings (SSSR count). The second-order valence-corrected chi connectivity index (χ2v) is 4.89. The Balaban J connectivity index is 3.34. The van der Waals surface area contributed by atoms with Gasteiger partial charge in [0, 0.05) is 18.9 Å². The number of hydrogen-bond acceptors (Lipinski definition) is 4. The lowest BCUT2D eigenvalue weighted by atomic mass is 9.82. The third-order valence-corrected chi connectivity index (χ3v) is 4.07. The number of pyridine rings is 1. The summed E-state index contributed by atoms with van der Waals surface area (Å²) in [6.45, 7) is 9.34. The number of aryl methyl sites for hydroxylation is 1. The van der Waals surface area contributed by atoms with Gasteiger partial charge in [-0.2, -0.15) is 0 Å². The van der Waals surface area contributed by atoms with Crippen LogP contribution in [0.25, 0.3) is 0 Å². The summed E-state index contributed by atoms with van der Waals surface area (Å²) in [5.74, 6) is 0.592. The first-order chi connectivity index (χ1) is 9.06. The zero-order valence-corrected chi connectivity index (χ0v) is 12.8. The molecule has 1 unspecified atom stereocenters. The minimum Gasteiger partial charge on any atom is -0.383 e. The molecule has 108 valence electrons. The summed E-state index contributed by atoms with van der Waals surface area (Å²) in [7, 11) is 1.78. The van der Waals surface area contributed by atoms with E-state index in [0.717, 1.165) is 30.5 Å². The van der Waals surface area contributed by atoms with E-state index in [1.165, 1.54) is 0 Å². The Kier molecular flexibility index (Phi) is 5.76. The lowest BCUT2D eigenvalue weighted by Gasteiger charge is -2.40. The van der Waals surface area contributed by atoms with Crippen LogP contribution in [0.15, 0.2) is 12.3 Å². The number of anilines is 1. The smallest absolute Gasteiger partial charge is 0.128 e. The fraction of sp³-hybridized carbons (Fsp3) is 0.667. The standard InChI is InChI=1S/C15H27N3O/c1-6-15(7-2,19-5)13(17-8-3)12-11(4)9-10-18-14(12)16/h9-10,13,17H,6-8H2,1-5H3,(H2,16,18). The second-order valence-electron chi connectivity index (χ2n) is 4.89. The van der Waals surface area contributed by atoms with Gasteiger partial charge in [0.15, 0.2) is 0 Å². The molecule has 1 aromatic rings. The Hall–Kier alpha value is -1.13. The molecule has 0 amide bonds. The van der Waals surface area contributed by atoms with Gasteiger partial charge in [-0.3, -0.25) is 0 Å². The first kappa shape index (κ1) is 15.9. The third kappa shape index (κ3) is 3.07. The van der Waals surface area contributed by atoms with E-state index in [4.69, 9.17) is 10.5 Å². The van der Waals surface area contributed by atoms with Crippen LogP contribution in [0.1, 0.15) is 50.8 Å². The zero-order chi connectivity index (χ0) is 14.5. The Bertz CT molecular complexity index is 374. The molecule has 0 aliphatic heterocycles. The van der Waals surface area contributed by atoms with Gasteiger partial charge in [-0.05, 0) is 37.9 Å². The quantitative estimate of drug-likeness (QED) is 0.796. The molecule has 4 nitrogen and oxygen atoms in total. The van der Waals surface area contributed by atoms with Crippen LogP contribution >= 0.6 is 0 Å². The summed E-state index contributed by atoms with van der Waals surface area (Å²) in [5, 5.41) is 3.53. The Labute approximate surface area is 116 Å². The molecular formula is C15H27N3O. The van der Waals surface area contributed by atoms with Crippen LogP contribution in [0.5, 0.6) is 0 Å². The van der Waals surface area contributed by atoms with E-state index in [9.17, 15) is 0 Å². The molecule has 1 atom stereocenters. The van der Waals surface area contributed by atoms with E-state index in [1.54, 1.807) is 13.3 Å². The van der Waals surface area contributed by atoms with Crippen molar-refractivity contribution in [3.05, 3.63) is 23.4 Å². The molecule has 0 saturated heterocycles. The Morgan fingerprint density at radius 3 is 2.42 bits per heavy atom. The molecule has 0 aliphatic rings. The predicted octanol–water partition coefficient (Wildman–Crippen LogP) is 2.83. The molecule has 0 bridgehead atoms. The van der Waals surface area contributed by atoms with Crippen LogP contribution in [-0.2, 0) is 4.74 Å². The van der Waals surface area contributed by atoms with E-state index in [1.807, 2.05) is 6.07 Å². The number of methoxy groups -OCH3 is 1. The van der Waals surface area contributed by atoms with Gasteiger partial charge in [0.25, 0.3) is 0 Å². The van der Waals surface area contributed by atoms with Crippen molar-refractivity contribution < 1.29 is 4.74 Å². The molecule has 0 saturated carbocycles. The van der Waals surface area contributed by atoms with Crippen LogP contribution < -0.4 is 11.1 Å². The maximum Gasteiger partial charge on any atom is 0.128 e. The highest BCUT2D eigenvalue weighted by atomic mass is 16.5. The van der Waals surface area contributed by atoms with E-state index >= 15 is 0 Å². The number of nitrogens with one attached hydrogen (secondary N) is 1. The molecule has 4 heteroatoms. The van der Waals surface area contributed by atoms with Crippen molar-refractivity contribution in [1.82, 2.24) is 10.3 Å². The van der Waals surface area contributed by atoms with E-state index < -0.39 is 0 Å². The number of nitrogens with two attached hydrogens (primary N) is 1. The summed E-state index contributed by atoms with van der Waals surface area (Å²) in [6.07, 6.45) is 3.60. The Morgan fingerprint density at radius 2 is 2.00 bits per heavy atom. The van der Waals surface area contributed by atoms with E-state index in [-0.39, 0.29) is 11.6 Å². The molecule has 0 aromatic carbocycles. The average Bonchev–Trinajstić information content (AvgIpc) is 2.41. The summed E-state index contributed by atoms with van der Waals surface area (Å²) >= 11 is 0. The van der Waals surface area contributed by atoms with Crippen LogP contribution in [-0.4, -0.2) is 24.2 Å². The number of aromatic nitrogens is 1. The molecule has 0 spiro atoms. The van der Waals surface area contributed by atoms with Crippen LogP contribution in [0.4, 0.5) is 5.82 Å². The maximum atomic E-state index is 6.11. The largest absolute Gasteiger partial charge is 0.383 e. The lowest BCUT2D eigenvalue weighted by molar-refractivity contribution is -0.0482. The lowest BCUT2D eigenvalue weighted by Crippen LogP contribution is -2.45. The number of ether oxygens (including phenoxy) is 1. The van der Waals surface area contributed by atoms with Crippen LogP contribution in [0, 0.1) is 6.92 Å². The topological polar surface area (TPSA) is 60.2 Å². The number of nitrogen functional groups attached to an aromatic ring is 1. The summed E-state index contributed by atoms with van der Waals surface area (Å²) in [5.41, 5.74) is 8.07. The van der Waals surface area contributed by atoms with Crippen molar-refractivity contribution in [3.63, 3.8) is 0 Å². The molecule has 1 heterocycles. The maximum absolute atomic E-state index is 6.11. The molecule has 0 fully saturated rings. The highest BCUT2D eigenvalue weighted by molar-refractivity contribution is 5.47. The molecule has 0 aliphatic carbocycles. The van der Waals surface area contributed by atoms with Crippen molar-refractivity contribution >= 4 is 5.82 Å². The number of nitrogens with zero attached hydrogens (tertiary/aromatic N) is 1. The van der Waals surface area contributed by atoms with Gasteiger partial charge in [0.05, 0.1) is 11.6 Å². The van der Waals surface area contributed by atoms with Gasteiger partial charge in [-0.1, -0.05) is 20.8 Å². The van der Waals surface area contributed by atoms with Gasteiger partial charge in [-0.15, -0.1) is 0 Å². The number of likely N-dealkylation sites (N-methyl/N-ethyl adjacent to an activating group) is 1. The molecular weight excluding hydrogens is 238 g/mol. The van der Waals surface area contributed by atoms with Crippen molar-refractivity contribution in [1.29, 1.82) is 0 Å². The van der Waals surface area contributed by atoms with Crippen LogP contribution in [0.3, 0.4) is 0 Å².